The molecule has 4 aromatic rings. The van der Waals surface area contributed by atoms with Gasteiger partial charge in [0.1, 0.15) is 12.4 Å². The van der Waals surface area contributed by atoms with Gasteiger partial charge in [-0.2, -0.15) is 10.1 Å². The molecule has 0 fully saturated rings. The number of rotatable bonds is 8. The van der Waals surface area contributed by atoms with Crippen LogP contribution >= 0.6 is 0 Å². The predicted octanol–water partition coefficient (Wildman–Crippen LogP) is 1.86. The molecule has 0 aliphatic rings. The molecule has 0 spiro atoms. The number of aryl methyl sites for hydroxylation is 1. The van der Waals surface area contributed by atoms with Gasteiger partial charge in [0.05, 0.1) is 17.7 Å². The third-order valence-electron chi connectivity index (χ3n) is 4.79. The lowest BCUT2D eigenvalue weighted by Gasteiger charge is -2.10. The van der Waals surface area contributed by atoms with E-state index in [1.807, 2.05) is 30.3 Å². The van der Waals surface area contributed by atoms with Crippen molar-refractivity contribution in [3.8, 4) is 5.75 Å². The van der Waals surface area contributed by atoms with E-state index in [0.717, 1.165) is 0 Å². The molecule has 2 heterocycles. The first-order chi connectivity index (χ1) is 15.9. The van der Waals surface area contributed by atoms with E-state index in [0.29, 0.717) is 11.3 Å². The van der Waals surface area contributed by atoms with E-state index in [1.165, 1.54) is 30.0 Å². The molecule has 2 aromatic heterocycles. The zero-order valence-electron chi connectivity index (χ0n) is 17.5. The molecule has 168 valence electrons. The Kier molecular flexibility index (Phi) is 5.98. The number of nitro groups is 1. The summed E-state index contributed by atoms with van der Waals surface area (Å²) in [4.78, 5) is 41.6. The van der Waals surface area contributed by atoms with Crippen LogP contribution in [0, 0.1) is 10.1 Å². The molecule has 4 rings (SSSR count). The maximum atomic E-state index is 12.5. The van der Waals surface area contributed by atoms with Crippen LogP contribution in [0.2, 0.25) is 0 Å². The minimum atomic E-state index is -0.593. The number of hydrogen-bond donors (Lipinski definition) is 2. The smallest absolute Gasteiger partial charge is 0.329 e. The van der Waals surface area contributed by atoms with E-state index in [9.17, 15) is 19.7 Å². The molecule has 0 radical (unpaired) electrons. The van der Waals surface area contributed by atoms with Crippen molar-refractivity contribution in [1.82, 2.24) is 19.1 Å². The van der Waals surface area contributed by atoms with Crippen LogP contribution < -0.4 is 21.4 Å². The van der Waals surface area contributed by atoms with Crippen molar-refractivity contribution >= 4 is 29.0 Å². The number of H-pyrrole nitrogens is 1. The quantitative estimate of drug-likeness (QED) is 0.237. The summed E-state index contributed by atoms with van der Waals surface area (Å²) < 4.78 is 8.51. The number of hydrazone groups is 1. The molecular formula is C21H19N7O5. The van der Waals surface area contributed by atoms with Gasteiger partial charge in [0.2, 0.25) is 5.95 Å². The fourth-order valence-electron chi connectivity index (χ4n) is 3.19. The number of aromatic nitrogens is 4. The lowest BCUT2D eigenvalue weighted by molar-refractivity contribution is -0.384. The molecule has 0 saturated heterocycles. The van der Waals surface area contributed by atoms with E-state index in [-0.39, 0.29) is 36.0 Å². The summed E-state index contributed by atoms with van der Waals surface area (Å²) in [7, 11) is 1.49. The highest BCUT2D eigenvalue weighted by Gasteiger charge is 2.17. The Morgan fingerprint density at radius 1 is 1.21 bits per heavy atom. The van der Waals surface area contributed by atoms with Crippen molar-refractivity contribution in [2.24, 2.45) is 12.1 Å². The number of anilines is 1. The number of para-hydroxylation sites is 1. The van der Waals surface area contributed by atoms with Gasteiger partial charge in [0, 0.05) is 24.7 Å². The van der Waals surface area contributed by atoms with Crippen LogP contribution in [-0.4, -0.2) is 36.8 Å². The van der Waals surface area contributed by atoms with Crippen molar-refractivity contribution in [2.75, 3.05) is 12.0 Å². The maximum Gasteiger partial charge on any atom is 0.329 e. The number of non-ortho nitro benzene ring substituents is 1. The van der Waals surface area contributed by atoms with Crippen LogP contribution in [0.5, 0.6) is 5.75 Å². The monoisotopic (exact) mass is 449 g/mol. The zero-order chi connectivity index (χ0) is 23.4. The van der Waals surface area contributed by atoms with Crippen LogP contribution in [-0.2, 0) is 13.6 Å². The highest BCUT2D eigenvalue weighted by atomic mass is 16.6. The van der Waals surface area contributed by atoms with Gasteiger partial charge in [-0.05, 0) is 12.1 Å². The Balaban J connectivity index is 1.64. The van der Waals surface area contributed by atoms with Gasteiger partial charge < -0.3 is 4.74 Å². The molecule has 12 heteroatoms. The number of fused-ring (bicyclic) bond motifs is 1. The van der Waals surface area contributed by atoms with Crippen molar-refractivity contribution in [3.63, 3.8) is 0 Å². The summed E-state index contributed by atoms with van der Waals surface area (Å²) in [5.41, 5.74) is 2.36. The molecule has 0 unspecified atom stereocenters. The minimum Gasteiger partial charge on any atom is -0.492 e. The maximum absolute atomic E-state index is 12.5. The molecule has 33 heavy (non-hydrogen) atoms. The van der Waals surface area contributed by atoms with Gasteiger partial charge >= 0.3 is 5.69 Å². The van der Waals surface area contributed by atoms with Crippen LogP contribution in [0.1, 0.15) is 5.56 Å². The summed E-state index contributed by atoms with van der Waals surface area (Å²) >= 11 is 0. The van der Waals surface area contributed by atoms with Crippen molar-refractivity contribution in [1.29, 1.82) is 0 Å². The second-order valence-electron chi connectivity index (χ2n) is 6.96. The third-order valence-corrected chi connectivity index (χ3v) is 4.79. The lowest BCUT2D eigenvalue weighted by atomic mass is 10.2. The van der Waals surface area contributed by atoms with Gasteiger partial charge in [-0.3, -0.25) is 29.0 Å². The molecule has 0 bridgehead atoms. The fourth-order valence-corrected chi connectivity index (χ4v) is 3.19. The summed E-state index contributed by atoms with van der Waals surface area (Å²) in [6, 6.07) is 15.1. The number of nitrogens with one attached hydrogen (secondary N) is 2. The van der Waals surface area contributed by atoms with E-state index >= 15 is 0 Å². The van der Waals surface area contributed by atoms with Crippen LogP contribution in [0.4, 0.5) is 11.6 Å². The fraction of sp³-hybridized carbons (Fsp3) is 0.143. The zero-order valence-corrected chi connectivity index (χ0v) is 17.5. The lowest BCUT2D eigenvalue weighted by Crippen LogP contribution is -2.29. The minimum absolute atomic E-state index is 0.0641. The van der Waals surface area contributed by atoms with E-state index < -0.39 is 16.2 Å². The normalized spacial score (nSPS) is 11.2. The van der Waals surface area contributed by atoms with E-state index in [1.54, 1.807) is 16.7 Å². The Labute approximate surface area is 185 Å². The number of ether oxygens (including phenoxy) is 1. The van der Waals surface area contributed by atoms with Gasteiger partial charge in [-0.15, -0.1) is 0 Å². The van der Waals surface area contributed by atoms with Gasteiger partial charge in [-0.1, -0.05) is 30.3 Å². The van der Waals surface area contributed by atoms with Gasteiger partial charge in [0.25, 0.3) is 11.2 Å². The van der Waals surface area contributed by atoms with Crippen LogP contribution in [0.15, 0.2) is 69.3 Å². The highest BCUT2D eigenvalue weighted by molar-refractivity contribution is 5.81. The molecule has 0 atom stereocenters. The number of imidazole rings is 1. The average molecular weight is 449 g/mol. The van der Waals surface area contributed by atoms with Crippen molar-refractivity contribution in [3.05, 3.63) is 91.1 Å². The largest absolute Gasteiger partial charge is 0.492 e. The highest BCUT2D eigenvalue weighted by Crippen LogP contribution is 2.17. The number of nitro benzene ring substituents is 1. The Bertz CT molecular complexity index is 1450. The van der Waals surface area contributed by atoms with Gasteiger partial charge in [0.15, 0.2) is 11.2 Å². The molecule has 0 saturated carbocycles. The Morgan fingerprint density at radius 2 is 2.00 bits per heavy atom. The number of hydrogen-bond acceptors (Lipinski definition) is 8. The SMILES string of the molecule is Cn1c(=O)[nH]c(=O)c2c1nc(NN=Cc1cccc([N+](=O)[O-])c1)n2CCOc1ccccc1. The average Bonchev–Trinajstić information content (AvgIpc) is 3.17. The molecule has 0 aliphatic carbocycles. The standard InChI is InChI=1S/C21H19N7O5/c1-26-18-17(19(29)24-21(26)30)27(10-11-33-16-8-3-2-4-9-16)20(23-18)25-22-13-14-6-5-7-15(12-14)28(31)32/h2-9,12-13H,10-11H2,1H3,(H,23,25)(H,24,29,30). The van der Waals surface area contributed by atoms with E-state index in [4.69, 9.17) is 4.74 Å². The third kappa shape index (κ3) is 4.63. The molecular weight excluding hydrogens is 430 g/mol. The second-order valence-corrected chi connectivity index (χ2v) is 6.96. The summed E-state index contributed by atoms with van der Waals surface area (Å²) in [6.07, 6.45) is 1.39. The first-order valence-corrected chi connectivity index (χ1v) is 9.85. The first-order valence-electron chi connectivity index (χ1n) is 9.85. The Morgan fingerprint density at radius 3 is 2.76 bits per heavy atom. The molecule has 2 N–H and O–H groups in total. The summed E-state index contributed by atoms with van der Waals surface area (Å²) in [5.74, 6) is 0.872. The Hall–Kier alpha value is -4.74. The summed E-state index contributed by atoms with van der Waals surface area (Å²) in [6.45, 7) is 0.461. The predicted molar refractivity (Wildman–Crippen MR) is 122 cm³/mol. The van der Waals surface area contributed by atoms with Crippen molar-refractivity contribution < 1.29 is 9.66 Å². The molecule has 2 aromatic carbocycles. The number of benzene rings is 2. The topological polar surface area (TPSA) is 149 Å². The summed E-state index contributed by atoms with van der Waals surface area (Å²) in [5, 5.41) is 15.0. The first kappa shape index (κ1) is 21.5. The molecule has 0 aliphatic heterocycles. The van der Waals surface area contributed by atoms with Gasteiger partial charge in [-0.25, -0.2) is 10.2 Å². The second kappa shape index (κ2) is 9.18. The van der Waals surface area contributed by atoms with Crippen LogP contribution in [0.25, 0.3) is 11.2 Å². The number of nitrogens with zero attached hydrogens (tertiary/aromatic N) is 5. The number of aromatic amines is 1. The molecule has 12 nitrogen and oxygen atoms in total. The van der Waals surface area contributed by atoms with Crippen LogP contribution in [0.3, 0.4) is 0 Å². The van der Waals surface area contributed by atoms with E-state index in [2.05, 4.69) is 20.5 Å². The molecule has 0 amide bonds. The van der Waals surface area contributed by atoms with Crippen molar-refractivity contribution in [2.45, 2.75) is 6.54 Å².